The van der Waals surface area contributed by atoms with Crippen LogP contribution in [0.15, 0.2) is 188 Å². The van der Waals surface area contributed by atoms with E-state index in [1.807, 2.05) is 0 Å². The van der Waals surface area contributed by atoms with Crippen molar-refractivity contribution in [1.29, 1.82) is 0 Å². The molecular formula is C55H44N2. The van der Waals surface area contributed by atoms with Gasteiger partial charge >= 0.3 is 0 Å². The van der Waals surface area contributed by atoms with E-state index in [-0.39, 0.29) is 11.5 Å². The molecule has 0 N–H and O–H groups in total. The molecule has 57 heavy (non-hydrogen) atoms. The van der Waals surface area contributed by atoms with Gasteiger partial charge in [0, 0.05) is 33.3 Å². The molecule has 0 saturated heterocycles. The molecule has 0 fully saturated rings. The van der Waals surface area contributed by atoms with Crippen molar-refractivity contribution in [2.24, 2.45) is 0 Å². The molecular weight excluding hydrogens is 689 g/mol. The summed E-state index contributed by atoms with van der Waals surface area (Å²) in [5.74, 6) is 0. The first-order chi connectivity index (χ1) is 28.0. The Hall–Kier alpha value is -6.64. The maximum absolute atomic E-state index is 2.55. The normalized spacial score (nSPS) is 16.8. The summed E-state index contributed by atoms with van der Waals surface area (Å²) in [5, 5.41) is 5.14. The first kappa shape index (κ1) is 33.7. The van der Waals surface area contributed by atoms with Gasteiger partial charge in [-0.1, -0.05) is 153 Å². The van der Waals surface area contributed by atoms with Gasteiger partial charge < -0.3 is 9.47 Å². The molecule has 8 aromatic rings. The minimum Gasteiger partial charge on any atom is -0.334 e. The quantitative estimate of drug-likeness (QED) is 0.165. The number of hydrogen-bond donors (Lipinski definition) is 0. The molecule has 1 aromatic heterocycles. The third-order valence-electron chi connectivity index (χ3n) is 12.7. The second-order valence-corrected chi connectivity index (χ2v) is 16.4. The first-order valence-electron chi connectivity index (χ1n) is 20.4. The van der Waals surface area contributed by atoms with Crippen LogP contribution in [0.1, 0.15) is 49.8 Å². The van der Waals surface area contributed by atoms with Crippen LogP contribution in [0.25, 0.3) is 66.1 Å². The number of anilines is 2. The summed E-state index contributed by atoms with van der Waals surface area (Å²) in [6, 6.07) is 56.6. The second kappa shape index (κ2) is 13.2. The molecule has 2 heteroatoms. The summed E-state index contributed by atoms with van der Waals surface area (Å²) in [4.78, 5) is 2.55. The lowest BCUT2D eigenvalue weighted by molar-refractivity contribution is 0.659. The zero-order valence-electron chi connectivity index (χ0n) is 32.5. The summed E-state index contributed by atoms with van der Waals surface area (Å²) in [5.41, 5.74) is 16.7. The number of para-hydroxylation sites is 1. The number of benzene rings is 7. The Labute approximate surface area is 335 Å². The Morgan fingerprint density at radius 1 is 0.544 bits per heavy atom. The largest absolute Gasteiger partial charge is 0.334 e. The summed E-state index contributed by atoms with van der Waals surface area (Å²) in [6.07, 6.45) is 17.3. The second-order valence-electron chi connectivity index (χ2n) is 16.4. The Balaban J connectivity index is 0.974. The molecule has 0 saturated carbocycles. The van der Waals surface area contributed by atoms with Gasteiger partial charge in [-0.25, -0.2) is 0 Å². The summed E-state index contributed by atoms with van der Waals surface area (Å²) < 4.78 is 2.44. The van der Waals surface area contributed by atoms with Crippen molar-refractivity contribution in [3.63, 3.8) is 0 Å². The van der Waals surface area contributed by atoms with Gasteiger partial charge in [0.2, 0.25) is 0 Å². The van der Waals surface area contributed by atoms with E-state index in [9.17, 15) is 0 Å². The number of aromatic nitrogens is 1. The van der Waals surface area contributed by atoms with E-state index < -0.39 is 0 Å². The molecule has 3 aliphatic carbocycles. The third kappa shape index (κ3) is 5.46. The molecule has 0 amide bonds. The zero-order chi connectivity index (χ0) is 38.1. The smallest absolute Gasteiger partial charge is 0.0560 e. The highest BCUT2D eigenvalue weighted by Crippen LogP contribution is 2.50. The van der Waals surface area contributed by atoms with Crippen LogP contribution < -0.4 is 4.90 Å². The van der Waals surface area contributed by atoms with E-state index in [0.29, 0.717) is 0 Å². The number of hydrogen-bond acceptors (Lipinski definition) is 1. The fourth-order valence-electron chi connectivity index (χ4n) is 9.86. The van der Waals surface area contributed by atoms with Gasteiger partial charge in [-0.15, -0.1) is 0 Å². The van der Waals surface area contributed by atoms with Crippen molar-refractivity contribution in [2.45, 2.75) is 44.6 Å². The molecule has 0 bridgehead atoms. The minimum absolute atomic E-state index is 0.0765. The van der Waals surface area contributed by atoms with Crippen molar-refractivity contribution < 1.29 is 0 Å². The highest BCUT2D eigenvalue weighted by atomic mass is 15.2. The van der Waals surface area contributed by atoms with Gasteiger partial charge in [0.25, 0.3) is 0 Å². The average Bonchev–Trinajstić information content (AvgIpc) is 3.72. The third-order valence-corrected chi connectivity index (χ3v) is 12.7. The number of allylic oxidation sites excluding steroid dienone is 6. The lowest BCUT2D eigenvalue weighted by Gasteiger charge is -2.34. The molecule has 0 spiro atoms. The molecule has 274 valence electrons. The molecule has 1 atom stereocenters. The van der Waals surface area contributed by atoms with E-state index in [1.54, 1.807) is 0 Å². The number of nitrogens with zero attached hydrogens (tertiary/aromatic N) is 2. The van der Waals surface area contributed by atoms with Gasteiger partial charge in [-0.05, 0) is 123 Å². The van der Waals surface area contributed by atoms with E-state index in [4.69, 9.17) is 0 Å². The fraction of sp³-hybridized carbons (Fsp3) is 0.127. The van der Waals surface area contributed by atoms with E-state index in [0.717, 1.165) is 19.3 Å². The maximum atomic E-state index is 2.55. The van der Waals surface area contributed by atoms with Crippen LogP contribution >= 0.6 is 0 Å². The number of rotatable bonds is 6. The van der Waals surface area contributed by atoms with Crippen LogP contribution in [0.4, 0.5) is 11.4 Å². The lowest BCUT2D eigenvalue weighted by Crippen LogP contribution is -2.30. The topological polar surface area (TPSA) is 8.17 Å². The molecule has 0 radical (unpaired) electrons. The molecule has 1 unspecified atom stereocenters. The molecule has 0 aliphatic heterocycles. The van der Waals surface area contributed by atoms with E-state index in [1.165, 1.54) is 94.2 Å². The monoisotopic (exact) mass is 732 g/mol. The van der Waals surface area contributed by atoms with Crippen LogP contribution in [0.3, 0.4) is 0 Å². The standard InChI is InChI=1S/C55H44N2/c1-55(2)51-21-10-8-18-47(51)48-33-32-44(36-52(48)55)56(43-30-25-39(26-31-43)46-20-12-14-38-13-6-7-17-45(38)46)42-28-23-37(24-29-42)40-27-34-54-50(35-40)49-19-9-11-22-53(49)57(54)41-15-4-3-5-16-41/h4,6-28,30-36,42H,3,5,29H2,1-2H3. The number of fused-ring (bicyclic) bond motifs is 7. The highest BCUT2D eigenvalue weighted by molar-refractivity contribution is 6.11. The van der Waals surface area contributed by atoms with Crippen LogP contribution in [-0.4, -0.2) is 10.6 Å². The van der Waals surface area contributed by atoms with Crippen molar-refractivity contribution >= 4 is 55.2 Å². The molecule has 2 nitrogen and oxygen atoms in total. The first-order valence-corrected chi connectivity index (χ1v) is 20.4. The summed E-state index contributed by atoms with van der Waals surface area (Å²) in [6.45, 7) is 4.74. The average molecular weight is 733 g/mol. The summed E-state index contributed by atoms with van der Waals surface area (Å²) >= 11 is 0. The Morgan fingerprint density at radius 2 is 1.26 bits per heavy atom. The predicted octanol–water partition coefficient (Wildman–Crippen LogP) is 14.7. The zero-order valence-corrected chi connectivity index (χ0v) is 32.5. The van der Waals surface area contributed by atoms with Crippen molar-refractivity contribution in [3.05, 3.63) is 205 Å². The molecule has 7 aromatic carbocycles. The minimum atomic E-state index is -0.0765. The van der Waals surface area contributed by atoms with E-state index >= 15 is 0 Å². The van der Waals surface area contributed by atoms with Gasteiger partial charge in [-0.2, -0.15) is 0 Å². The molecule has 11 rings (SSSR count). The Kier molecular flexibility index (Phi) is 7.83. The highest BCUT2D eigenvalue weighted by Gasteiger charge is 2.36. The van der Waals surface area contributed by atoms with Gasteiger partial charge in [0.15, 0.2) is 0 Å². The molecule has 3 aliphatic rings. The van der Waals surface area contributed by atoms with Crippen LogP contribution in [0.2, 0.25) is 0 Å². The van der Waals surface area contributed by atoms with Gasteiger partial charge in [0.1, 0.15) is 0 Å². The maximum Gasteiger partial charge on any atom is 0.0560 e. The van der Waals surface area contributed by atoms with Crippen LogP contribution in [0, 0.1) is 0 Å². The van der Waals surface area contributed by atoms with E-state index in [2.05, 4.69) is 211 Å². The van der Waals surface area contributed by atoms with Crippen molar-refractivity contribution in [2.75, 3.05) is 4.90 Å². The van der Waals surface area contributed by atoms with Gasteiger partial charge in [0.05, 0.1) is 17.1 Å². The van der Waals surface area contributed by atoms with Crippen LogP contribution in [0.5, 0.6) is 0 Å². The Morgan fingerprint density at radius 3 is 2.11 bits per heavy atom. The molecule has 1 heterocycles. The van der Waals surface area contributed by atoms with Crippen molar-refractivity contribution in [1.82, 2.24) is 4.57 Å². The Bertz CT molecular complexity index is 3010. The fourth-order valence-corrected chi connectivity index (χ4v) is 9.86. The van der Waals surface area contributed by atoms with Gasteiger partial charge in [-0.3, -0.25) is 0 Å². The lowest BCUT2D eigenvalue weighted by atomic mass is 9.82. The van der Waals surface area contributed by atoms with Crippen molar-refractivity contribution in [3.8, 4) is 22.3 Å². The van der Waals surface area contributed by atoms with Crippen LogP contribution in [-0.2, 0) is 5.41 Å². The SMILES string of the molecule is CC1(C)c2ccccc2-c2ccc(N(c3ccc(-c4cccc5ccccc45)cc3)C3C=CC(c4ccc5c(c4)c4ccccc4n5C4=CCCC=C4)=CC3)cc21. The predicted molar refractivity (Wildman–Crippen MR) is 243 cm³/mol. The summed E-state index contributed by atoms with van der Waals surface area (Å²) in [7, 11) is 0.